The van der Waals surface area contributed by atoms with Gasteiger partial charge in [0.05, 0.1) is 11.7 Å². The fourth-order valence-corrected chi connectivity index (χ4v) is 1.85. The highest BCUT2D eigenvalue weighted by Gasteiger charge is 2.27. The topological polar surface area (TPSA) is 50.9 Å². The molecule has 0 aliphatic heterocycles. The molecule has 1 aliphatic carbocycles. The van der Waals surface area contributed by atoms with E-state index in [0.29, 0.717) is 6.04 Å². The van der Waals surface area contributed by atoms with Crippen LogP contribution in [-0.4, -0.2) is 19.6 Å². The van der Waals surface area contributed by atoms with Gasteiger partial charge in [-0.1, -0.05) is 0 Å². The standard InChI is InChI=1S/C10H11N3O/c14-6-10-12-8-5-11-4-3-9(8)13(10)7-1-2-7/h3-5,7,14H,1-2,6H2. The predicted octanol–water partition coefficient (Wildman–Crippen LogP) is 1.26. The summed E-state index contributed by atoms with van der Waals surface area (Å²) in [6.45, 7) is 0.00514. The van der Waals surface area contributed by atoms with Gasteiger partial charge in [0.1, 0.15) is 17.9 Å². The van der Waals surface area contributed by atoms with Crippen molar-refractivity contribution in [3.05, 3.63) is 24.3 Å². The van der Waals surface area contributed by atoms with Crippen molar-refractivity contribution < 1.29 is 5.11 Å². The number of nitrogens with zero attached hydrogens (tertiary/aromatic N) is 3. The van der Waals surface area contributed by atoms with Crippen molar-refractivity contribution in [3.8, 4) is 0 Å². The first kappa shape index (κ1) is 7.94. The minimum Gasteiger partial charge on any atom is -0.388 e. The van der Waals surface area contributed by atoms with Crippen LogP contribution >= 0.6 is 0 Å². The second-order valence-corrected chi connectivity index (χ2v) is 3.65. The van der Waals surface area contributed by atoms with Gasteiger partial charge in [-0.2, -0.15) is 0 Å². The van der Waals surface area contributed by atoms with Gasteiger partial charge in [-0.3, -0.25) is 4.98 Å². The van der Waals surface area contributed by atoms with Crippen LogP contribution in [0.5, 0.6) is 0 Å². The van der Waals surface area contributed by atoms with Crippen LogP contribution in [0, 0.1) is 0 Å². The molecule has 1 N–H and O–H groups in total. The van der Waals surface area contributed by atoms with E-state index in [1.165, 1.54) is 12.8 Å². The average Bonchev–Trinajstić information content (AvgIpc) is 2.98. The number of rotatable bonds is 2. The van der Waals surface area contributed by atoms with Crippen molar-refractivity contribution in [2.45, 2.75) is 25.5 Å². The molecule has 0 bridgehead atoms. The number of fused-ring (bicyclic) bond motifs is 1. The summed E-state index contributed by atoms with van der Waals surface area (Å²) in [5.74, 6) is 0.760. The predicted molar refractivity (Wildman–Crippen MR) is 51.7 cm³/mol. The van der Waals surface area contributed by atoms with Crippen LogP contribution in [0.1, 0.15) is 24.7 Å². The molecule has 4 nitrogen and oxygen atoms in total. The lowest BCUT2D eigenvalue weighted by Crippen LogP contribution is -2.00. The van der Waals surface area contributed by atoms with Crippen molar-refractivity contribution in [1.29, 1.82) is 0 Å². The van der Waals surface area contributed by atoms with E-state index in [2.05, 4.69) is 14.5 Å². The van der Waals surface area contributed by atoms with E-state index in [9.17, 15) is 5.11 Å². The van der Waals surface area contributed by atoms with Crippen molar-refractivity contribution in [2.24, 2.45) is 0 Å². The molecule has 4 heteroatoms. The number of aliphatic hydroxyl groups excluding tert-OH is 1. The van der Waals surface area contributed by atoms with Crippen LogP contribution in [0.3, 0.4) is 0 Å². The first-order valence-corrected chi connectivity index (χ1v) is 4.82. The molecular formula is C10H11N3O. The minimum atomic E-state index is 0.00514. The lowest BCUT2D eigenvalue weighted by molar-refractivity contribution is 0.266. The van der Waals surface area contributed by atoms with E-state index in [0.717, 1.165) is 16.9 Å². The fraction of sp³-hybridized carbons (Fsp3) is 0.400. The summed E-state index contributed by atoms with van der Waals surface area (Å²) in [4.78, 5) is 8.37. The zero-order chi connectivity index (χ0) is 9.54. The van der Waals surface area contributed by atoms with Crippen LogP contribution in [0.15, 0.2) is 18.5 Å². The highest BCUT2D eigenvalue weighted by atomic mass is 16.3. The van der Waals surface area contributed by atoms with Gasteiger partial charge in [0, 0.05) is 12.2 Å². The van der Waals surface area contributed by atoms with Gasteiger partial charge in [-0.15, -0.1) is 0 Å². The zero-order valence-corrected chi connectivity index (χ0v) is 7.72. The molecule has 1 fully saturated rings. The largest absolute Gasteiger partial charge is 0.388 e. The van der Waals surface area contributed by atoms with Crippen LogP contribution in [-0.2, 0) is 6.61 Å². The van der Waals surface area contributed by atoms with Crippen LogP contribution in [0.25, 0.3) is 11.0 Å². The van der Waals surface area contributed by atoms with Gasteiger partial charge in [-0.05, 0) is 18.9 Å². The summed E-state index contributed by atoms with van der Waals surface area (Å²) in [5.41, 5.74) is 1.97. The third-order valence-electron chi connectivity index (χ3n) is 2.62. The average molecular weight is 189 g/mol. The summed E-state index contributed by atoms with van der Waals surface area (Å²) < 4.78 is 2.14. The fourth-order valence-electron chi connectivity index (χ4n) is 1.85. The lowest BCUT2D eigenvalue weighted by atomic mass is 10.4. The smallest absolute Gasteiger partial charge is 0.136 e. The van der Waals surface area contributed by atoms with E-state index in [-0.39, 0.29) is 6.61 Å². The molecule has 0 radical (unpaired) electrons. The first-order valence-electron chi connectivity index (χ1n) is 4.82. The first-order chi connectivity index (χ1) is 6.90. The van der Waals surface area contributed by atoms with E-state index in [1.54, 1.807) is 12.4 Å². The number of aliphatic hydroxyl groups is 1. The summed E-state index contributed by atoms with van der Waals surface area (Å²) in [6.07, 6.45) is 5.90. The number of hydrogen-bond acceptors (Lipinski definition) is 3. The van der Waals surface area contributed by atoms with Gasteiger partial charge in [0.25, 0.3) is 0 Å². The molecule has 1 saturated carbocycles. The monoisotopic (exact) mass is 189 g/mol. The van der Waals surface area contributed by atoms with Crippen molar-refractivity contribution in [3.63, 3.8) is 0 Å². The Labute approximate surface area is 81.2 Å². The molecule has 2 aromatic heterocycles. The Morgan fingerprint density at radius 2 is 2.36 bits per heavy atom. The molecule has 0 aromatic carbocycles. The maximum Gasteiger partial charge on any atom is 0.136 e. The van der Waals surface area contributed by atoms with E-state index >= 15 is 0 Å². The molecule has 0 atom stereocenters. The summed E-state index contributed by atoms with van der Waals surface area (Å²) >= 11 is 0. The molecule has 0 spiro atoms. The number of pyridine rings is 1. The van der Waals surface area contributed by atoms with Crippen molar-refractivity contribution in [2.75, 3.05) is 0 Å². The molecule has 1 aliphatic rings. The molecule has 0 saturated heterocycles. The Morgan fingerprint density at radius 1 is 1.50 bits per heavy atom. The molecular weight excluding hydrogens is 178 g/mol. The summed E-state index contributed by atoms with van der Waals surface area (Å²) in [6, 6.07) is 2.50. The van der Waals surface area contributed by atoms with Gasteiger partial charge in [-0.25, -0.2) is 4.98 Å². The summed E-state index contributed by atoms with van der Waals surface area (Å²) in [5, 5.41) is 9.19. The Balaban J connectivity index is 2.29. The van der Waals surface area contributed by atoms with Crippen LogP contribution in [0.4, 0.5) is 0 Å². The number of imidazole rings is 1. The third-order valence-corrected chi connectivity index (χ3v) is 2.62. The Kier molecular flexibility index (Phi) is 1.58. The van der Waals surface area contributed by atoms with Crippen molar-refractivity contribution in [1.82, 2.24) is 14.5 Å². The van der Waals surface area contributed by atoms with Gasteiger partial charge < -0.3 is 9.67 Å². The van der Waals surface area contributed by atoms with Crippen LogP contribution in [0.2, 0.25) is 0 Å². The molecule has 72 valence electrons. The third kappa shape index (κ3) is 1.04. The maximum atomic E-state index is 9.19. The van der Waals surface area contributed by atoms with Gasteiger partial charge >= 0.3 is 0 Å². The van der Waals surface area contributed by atoms with Crippen LogP contribution < -0.4 is 0 Å². The van der Waals surface area contributed by atoms with Gasteiger partial charge in [0.2, 0.25) is 0 Å². The Morgan fingerprint density at radius 3 is 3.07 bits per heavy atom. The summed E-state index contributed by atoms with van der Waals surface area (Å²) in [7, 11) is 0. The lowest BCUT2D eigenvalue weighted by Gasteiger charge is -2.04. The maximum absolute atomic E-state index is 9.19. The molecule has 2 aromatic rings. The molecule has 14 heavy (non-hydrogen) atoms. The normalized spacial score (nSPS) is 16.4. The quantitative estimate of drug-likeness (QED) is 0.773. The van der Waals surface area contributed by atoms with Crippen molar-refractivity contribution >= 4 is 11.0 Å². The zero-order valence-electron chi connectivity index (χ0n) is 7.72. The molecule has 0 amide bonds. The number of aromatic nitrogens is 3. The van der Waals surface area contributed by atoms with E-state index in [1.807, 2.05) is 6.07 Å². The van der Waals surface area contributed by atoms with Gasteiger partial charge in [0.15, 0.2) is 0 Å². The molecule has 0 unspecified atom stereocenters. The van der Waals surface area contributed by atoms with E-state index in [4.69, 9.17) is 0 Å². The highest BCUT2D eigenvalue weighted by molar-refractivity contribution is 5.75. The molecule has 2 heterocycles. The highest BCUT2D eigenvalue weighted by Crippen LogP contribution is 2.38. The number of hydrogen-bond donors (Lipinski definition) is 1. The second-order valence-electron chi connectivity index (χ2n) is 3.65. The Hall–Kier alpha value is -1.42. The molecule has 3 rings (SSSR count). The Bertz CT molecular complexity index is 473. The minimum absolute atomic E-state index is 0.00514. The SMILES string of the molecule is OCc1nc2cnccc2n1C1CC1. The second kappa shape index (κ2) is 2.78. The van der Waals surface area contributed by atoms with E-state index < -0.39 is 0 Å².